The van der Waals surface area contributed by atoms with Crippen LogP contribution in [0.25, 0.3) is 5.57 Å². The van der Waals surface area contributed by atoms with Crippen molar-refractivity contribution in [2.75, 3.05) is 0 Å². The van der Waals surface area contributed by atoms with Crippen molar-refractivity contribution in [2.45, 2.75) is 27.7 Å². The third-order valence-corrected chi connectivity index (χ3v) is 2.67. The van der Waals surface area contributed by atoms with Gasteiger partial charge in [-0.15, -0.1) is 0 Å². The Morgan fingerprint density at radius 3 is 2.27 bits per heavy atom. The predicted octanol–water partition coefficient (Wildman–Crippen LogP) is 3.18. The zero-order chi connectivity index (χ0) is 11.6. The molecule has 0 aliphatic rings. The molecule has 0 spiro atoms. The van der Waals surface area contributed by atoms with Gasteiger partial charge < -0.3 is 5.11 Å². The molecule has 0 aliphatic heterocycles. The Kier molecular flexibility index (Phi) is 3.30. The standard InChI is InChI=1S/C13H16O2/c1-8-5-6-12(9(2)7-8)10(3)11(4)13(14)15/h5-7H,1-4H3,(H,14,15)/b11-10+. The predicted molar refractivity (Wildman–Crippen MR) is 61.8 cm³/mol. The van der Waals surface area contributed by atoms with Gasteiger partial charge in [-0.3, -0.25) is 0 Å². The molecule has 0 aromatic heterocycles. The summed E-state index contributed by atoms with van der Waals surface area (Å²) in [4.78, 5) is 10.8. The maximum Gasteiger partial charge on any atom is 0.331 e. The summed E-state index contributed by atoms with van der Waals surface area (Å²) in [6.45, 7) is 7.51. The van der Waals surface area contributed by atoms with Crippen LogP contribution in [0, 0.1) is 13.8 Å². The van der Waals surface area contributed by atoms with E-state index in [-0.39, 0.29) is 0 Å². The van der Waals surface area contributed by atoms with Crippen molar-refractivity contribution >= 4 is 11.5 Å². The molecule has 15 heavy (non-hydrogen) atoms. The lowest BCUT2D eigenvalue weighted by Gasteiger charge is -2.09. The van der Waals surface area contributed by atoms with E-state index < -0.39 is 5.97 Å². The van der Waals surface area contributed by atoms with E-state index in [1.807, 2.05) is 32.9 Å². The molecule has 1 aromatic rings. The molecule has 0 unspecified atom stereocenters. The first-order chi connectivity index (χ1) is 6.93. The smallest absolute Gasteiger partial charge is 0.331 e. The molecule has 2 nitrogen and oxygen atoms in total. The van der Waals surface area contributed by atoms with Gasteiger partial charge in [-0.2, -0.15) is 0 Å². The number of carboxylic acid groups (broad SMARTS) is 1. The fourth-order valence-corrected chi connectivity index (χ4v) is 1.60. The van der Waals surface area contributed by atoms with Crippen LogP contribution in [0.1, 0.15) is 30.5 Å². The molecule has 0 heterocycles. The monoisotopic (exact) mass is 204 g/mol. The lowest BCUT2D eigenvalue weighted by molar-refractivity contribution is -0.132. The minimum absolute atomic E-state index is 0.405. The topological polar surface area (TPSA) is 37.3 Å². The number of benzene rings is 1. The van der Waals surface area contributed by atoms with E-state index in [0.29, 0.717) is 5.57 Å². The lowest BCUT2D eigenvalue weighted by Crippen LogP contribution is -2.00. The number of hydrogen-bond acceptors (Lipinski definition) is 1. The van der Waals surface area contributed by atoms with E-state index in [4.69, 9.17) is 5.11 Å². The maximum absolute atomic E-state index is 10.8. The molecule has 80 valence electrons. The van der Waals surface area contributed by atoms with E-state index >= 15 is 0 Å². The van der Waals surface area contributed by atoms with Crippen molar-refractivity contribution in [3.05, 3.63) is 40.5 Å². The molecule has 0 amide bonds. The SMILES string of the molecule is C/C(C(=O)O)=C(/C)c1ccc(C)cc1C. The van der Waals surface area contributed by atoms with Crippen LogP contribution in [0.2, 0.25) is 0 Å². The molecule has 0 radical (unpaired) electrons. The van der Waals surface area contributed by atoms with Crippen molar-refractivity contribution in [2.24, 2.45) is 0 Å². The molecule has 0 bridgehead atoms. The Morgan fingerprint density at radius 1 is 1.20 bits per heavy atom. The van der Waals surface area contributed by atoms with E-state index in [0.717, 1.165) is 16.7 Å². The highest BCUT2D eigenvalue weighted by Crippen LogP contribution is 2.22. The molecule has 0 aliphatic carbocycles. The van der Waals surface area contributed by atoms with Crippen molar-refractivity contribution in [3.63, 3.8) is 0 Å². The number of rotatable bonds is 2. The minimum Gasteiger partial charge on any atom is -0.478 e. The highest BCUT2D eigenvalue weighted by molar-refractivity contribution is 5.95. The summed E-state index contributed by atoms with van der Waals surface area (Å²) in [5, 5.41) is 8.90. The number of carboxylic acids is 1. The van der Waals surface area contributed by atoms with Gasteiger partial charge in [0.25, 0.3) is 0 Å². The van der Waals surface area contributed by atoms with Gasteiger partial charge in [0.05, 0.1) is 0 Å². The van der Waals surface area contributed by atoms with Crippen LogP contribution in [0.15, 0.2) is 23.8 Å². The van der Waals surface area contributed by atoms with Crippen molar-refractivity contribution in [3.8, 4) is 0 Å². The normalized spacial score (nSPS) is 12.3. The molecule has 2 heteroatoms. The summed E-state index contributed by atoms with van der Waals surface area (Å²) in [5.74, 6) is -0.854. The van der Waals surface area contributed by atoms with Crippen molar-refractivity contribution < 1.29 is 9.90 Å². The largest absolute Gasteiger partial charge is 0.478 e. The van der Waals surface area contributed by atoms with Crippen LogP contribution in [-0.4, -0.2) is 11.1 Å². The van der Waals surface area contributed by atoms with Gasteiger partial charge in [0, 0.05) is 5.57 Å². The number of aliphatic carboxylic acids is 1. The summed E-state index contributed by atoms with van der Waals surface area (Å²) < 4.78 is 0. The highest BCUT2D eigenvalue weighted by atomic mass is 16.4. The quantitative estimate of drug-likeness (QED) is 0.751. The van der Waals surface area contributed by atoms with E-state index in [1.54, 1.807) is 6.92 Å². The first kappa shape index (κ1) is 11.5. The Morgan fingerprint density at radius 2 is 1.80 bits per heavy atom. The zero-order valence-electron chi connectivity index (χ0n) is 9.59. The average molecular weight is 204 g/mol. The molecule has 0 fully saturated rings. The number of carbonyl (C=O) groups is 1. The number of aryl methyl sites for hydroxylation is 2. The molecule has 0 atom stereocenters. The summed E-state index contributed by atoms with van der Waals surface area (Å²) in [5.41, 5.74) is 4.56. The number of hydrogen-bond donors (Lipinski definition) is 1. The molecule has 1 aromatic carbocycles. The second kappa shape index (κ2) is 4.30. The molecular weight excluding hydrogens is 188 g/mol. The van der Waals surface area contributed by atoms with Gasteiger partial charge in [0.2, 0.25) is 0 Å². The third-order valence-electron chi connectivity index (χ3n) is 2.67. The first-order valence-corrected chi connectivity index (χ1v) is 4.92. The van der Waals surface area contributed by atoms with E-state index in [9.17, 15) is 4.79 Å². The molecule has 0 saturated carbocycles. The second-order valence-corrected chi connectivity index (χ2v) is 3.87. The highest BCUT2D eigenvalue weighted by Gasteiger charge is 2.08. The maximum atomic E-state index is 10.8. The van der Waals surface area contributed by atoms with Crippen LogP contribution in [0.4, 0.5) is 0 Å². The Balaban J connectivity index is 3.29. The van der Waals surface area contributed by atoms with E-state index in [1.165, 1.54) is 5.56 Å². The third kappa shape index (κ3) is 2.46. The average Bonchev–Trinajstić information content (AvgIpc) is 2.15. The van der Waals surface area contributed by atoms with Crippen LogP contribution in [0.3, 0.4) is 0 Å². The molecule has 1 N–H and O–H groups in total. The van der Waals surface area contributed by atoms with Crippen LogP contribution < -0.4 is 0 Å². The summed E-state index contributed by atoms with van der Waals surface area (Å²) in [6, 6.07) is 6.04. The summed E-state index contributed by atoms with van der Waals surface area (Å²) in [6.07, 6.45) is 0. The van der Waals surface area contributed by atoms with Gasteiger partial charge >= 0.3 is 5.97 Å². The number of allylic oxidation sites excluding steroid dienone is 1. The van der Waals surface area contributed by atoms with Crippen LogP contribution in [-0.2, 0) is 4.79 Å². The fourth-order valence-electron chi connectivity index (χ4n) is 1.60. The Bertz CT molecular complexity index is 428. The lowest BCUT2D eigenvalue weighted by atomic mass is 9.96. The zero-order valence-corrected chi connectivity index (χ0v) is 9.59. The molecule has 1 rings (SSSR count). The van der Waals surface area contributed by atoms with Crippen LogP contribution in [0.5, 0.6) is 0 Å². The second-order valence-electron chi connectivity index (χ2n) is 3.87. The van der Waals surface area contributed by atoms with Crippen LogP contribution >= 0.6 is 0 Å². The van der Waals surface area contributed by atoms with Gasteiger partial charge in [-0.25, -0.2) is 4.79 Å². The van der Waals surface area contributed by atoms with Crippen molar-refractivity contribution in [1.29, 1.82) is 0 Å². The van der Waals surface area contributed by atoms with Gasteiger partial charge in [-0.1, -0.05) is 23.8 Å². The fraction of sp³-hybridized carbons (Fsp3) is 0.308. The Hall–Kier alpha value is -1.57. The van der Waals surface area contributed by atoms with Gasteiger partial charge in [-0.05, 0) is 44.4 Å². The molecular formula is C13H16O2. The first-order valence-electron chi connectivity index (χ1n) is 4.92. The Labute approximate surface area is 90.3 Å². The summed E-state index contributed by atoms with van der Waals surface area (Å²) >= 11 is 0. The van der Waals surface area contributed by atoms with Gasteiger partial charge in [0.15, 0.2) is 0 Å². The van der Waals surface area contributed by atoms with E-state index in [2.05, 4.69) is 6.07 Å². The molecule has 0 saturated heterocycles. The van der Waals surface area contributed by atoms with Gasteiger partial charge in [0.1, 0.15) is 0 Å². The summed E-state index contributed by atoms with van der Waals surface area (Å²) in [7, 11) is 0. The van der Waals surface area contributed by atoms with Crippen molar-refractivity contribution in [1.82, 2.24) is 0 Å². The minimum atomic E-state index is -0.854.